The van der Waals surface area contributed by atoms with E-state index < -0.39 is 11.9 Å². The van der Waals surface area contributed by atoms with Gasteiger partial charge < -0.3 is 10.1 Å². The zero-order valence-electron chi connectivity index (χ0n) is 12.6. The largest absolute Gasteiger partial charge is 0.482 e. The van der Waals surface area contributed by atoms with Crippen LogP contribution >= 0.6 is 11.6 Å². The normalized spacial score (nSPS) is 10.0. The van der Waals surface area contributed by atoms with Gasteiger partial charge in [0.2, 0.25) is 0 Å². The van der Waals surface area contributed by atoms with Crippen LogP contribution in [0.2, 0.25) is 5.02 Å². The van der Waals surface area contributed by atoms with Crippen LogP contribution in [0.4, 0.5) is 4.79 Å². The van der Waals surface area contributed by atoms with Crippen LogP contribution in [0, 0.1) is 6.92 Å². The Balaban J connectivity index is 1.76. The molecule has 0 aromatic heterocycles. The Kier molecular flexibility index (Phi) is 6.00. The molecule has 0 saturated carbocycles. The van der Waals surface area contributed by atoms with E-state index in [-0.39, 0.29) is 6.61 Å². The summed E-state index contributed by atoms with van der Waals surface area (Å²) in [6.07, 6.45) is 0. The molecule has 0 unspecified atom stereocenters. The fourth-order valence-electron chi connectivity index (χ4n) is 1.85. The average molecular weight is 333 g/mol. The first-order chi connectivity index (χ1) is 11.0. The van der Waals surface area contributed by atoms with Crippen molar-refractivity contribution in [3.63, 3.8) is 0 Å². The highest BCUT2D eigenvalue weighted by Crippen LogP contribution is 2.24. The van der Waals surface area contributed by atoms with E-state index in [0.717, 1.165) is 11.1 Å². The molecular formula is C17H17ClN2O3. The van der Waals surface area contributed by atoms with E-state index in [1.807, 2.05) is 43.3 Å². The van der Waals surface area contributed by atoms with E-state index in [9.17, 15) is 9.59 Å². The number of amides is 3. The first-order valence-corrected chi connectivity index (χ1v) is 7.43. The number of aryl methyl sites for hydroxylation is 1. The second-order valence-electron chi connectivity index (χ2n) is 4.94. The Labute approximate surface area is 139 Å². The van der Waals surface area contributed by atoms with E-state index >= 15 is 0 Å². The molecule has 3 amide bonds. The maximum absolute atomic E-state index is 11.7. The first kappa shape index (κ1) is 16.8. The van der Waals surface area contributed by atoms with E-state index in [1.165, 1.54) is 0 Å². The lowest BCUT2D eigenvalue weighted by Crippen LogP contribution is -2.41. The van der Waals surface area contributed by atoms with Crippen molar-refractivity contribution in [3.8, 4) is 5.75 Å². The molecule has 120 valence electrons. The van der Waals surface area contributed by atoms with Crippen molar-refractivity contribution in [1.29, 1.82) is 0 Å². The molecule has 0 saturated heterocycles. The zero-order chi connectivity index (χ0) is 16.7. The Morgan fingerprint density at radius 2 is 1.87 bits per heavy atom. The van der Waals surface area contributed by atoms with Crippen LogP contribution in [0.5, 0.6) is 5.75 Å². The molecular weight excluding hydrogens is 316 g/mol. The predicted octanol–water partition coefficient (Wildman–Crippen LogP) is 3.05. The van der Waals surface area contributed by atoms with Crippen LogP contribution in [0.15, 0.2) is 48.5 Å². The summed E-state index contributed by atoms with van der Waals surface area (Å²) in [4.78, 5) is 23.3. The van der Waals surface area contributed by atoms with Gasteiger partial charge in [0.15, 0.2) is 6.61 Å². The van der Waals surface area contributed by atoms with Gasteiger partial charge in [-0.3, -0.25) is 10.1 Å². The van der Waals surface area contributed by atoms with Gasteiger partial charge >= 0.3 is 6.03 Å². The zero-order valence-corrected chi connectivity index (χ0v) is 13.4. The third-order valence-corrected chi connectivity index (χ3v) is 3.31. The van der Waals surface area contributed by atoms with Crippen LogP contribution in [0.1, 0.15) is 11.1 Å². The van der Waals surface area contributed by atoms with Crippen LogP contribution in [-0.2, 0) is 11.3 Å². The fraction of sp³-hybridized carbons (Fsp3) is 0.176. The van der Waals surface area contributed by atoms with Crippen LogP contribution in [0.3, 0.4) is 0 Å². The van der Waals surface area contributed by atoms with Gasteiger partial charge in [0.1, 0.15) is 5.75 Å². The summed E-state index contributed by atoms with van der Waals surface area (Å²) in [7, 11) is 0. The highest BCUT2D eigenvalue weighted by Gasteiger charge is 2.09. The quantitative estimate of drug-likeness (QED) is 0.884. The smallest absolute Gasteiger partial charge is 0.321 e. The molecule has 5 nitrogen and oxygen atoms in total. The van der Waals surface area contributed by atoms with Crippen molar-refractivity contribution >= 4 is 23.5 Å². The summed E-state index contributed by atoms with van der Waals surface area (Å²) >= 11 is 5.97. The first-order valence-electron chi connectivity index (χ1n) is 7.05. The molecule has 2 rings (SSSR count). The number of nitrogens with one attached hydrogen (secondary N) is 2. The van der Waals surface area contributed by atoms with Crippen LogP contribution in [0.25, 0.3) is 0 Å². The Hall–Kier alpha value is -2.53. The van der Waals surface area contributed by atoms with Gasteiger partial charge in [0.25, 0.3) is 5.91 Å². The number of halogens is 1. The lowest BCUT2D eigenvalue weighted by Gasteiger charge is -2.09. The Morgan fingerprint density at radius 1 is 1.13 bits per heavy atom. The maximum atomic E-state index is 11.7. The lowest BCUT2D eigenvalue weighted by atomic mass is 10.2. The van der Waals surface area contributed by atoms with E-state index in [0.29, 0.717) is 17.3 Å². The molecule has 2 N–H and O–H groups in total. The number of benzene rings is 2. The summed E-state index contributed by atoms with van der Waals surface area (Å²) in [6.45, 7) is 1.94. The summed E-state index contributed by atoms with van der Waals surface area (Å²) in [5.74, 6) is -0.139. The molecule has 0 spiro atoms. The number of rotatable bonds is 5. The standard InChI is InChI=1S/C17H17ClN2O3/c1-12-7-8-14(18)15(9-12)23-11-16(21)20-17(22)19-10-13-5-3-2-4-6-13/h2-9H,10-11H2,1H3,(H2,19,20,21,22). The molecule has 0 aliphatic heterocycles. The van der Waals surface area contributed by atoms with Gasteiger partial charge in [-0.1, -0.05) is 48.0 Å². The highest BCUT2D eigenvalue weighted by atomic mass is 35.5. The van der Waals surface area contributed by atoms with Crippen LogP contribution < -0.4 is 15.4 Å². The van der Waals surface area contributed by atoms with Crippen molar-refractivity contribution in [2.75, 3.05) is 6.61 Å². The topological polar surface area (TPSA) is 67.4 Å². The number of hydrogen-bond acceptors (Lipinski definition) is 3. The number of carbonyl (C=O) groups is 2. The van der Waals surface area contributed by atoms with Gasteiger partial charge in [-0.05, 0) is 30.2 Å². The third-order valence-electron chi connectivity index (χ3n) is 2.99. The van der Waals surface area contributed by atoms with E-state index in [2.05, 4.69) is 10.6 Å². The van der Waals surface area contributed by atoms with Crippen molar-refractivity contribution in [2.45, 2.75) is 13.5 Å². The van der Waals surface area contributed by atoms with Gasteiger partial charge in [-0.2, -0.15) is 0 Å². The van der Waals surface area contributed by atoms with E-state index in [4.69, 9.17) is 16.3 Å². The molecule has 6 heteroatoms. The summed E-state index contributed by atoms with van der Waals surface area (Å²) in [6, 6.07) is 14.1. The van der Waals surface area contributed by atoms with Crippen molar-refractivity contribution in [2.24, 2.45) is 0 Å². The Bertz CT molecular complexity index is 689. The second-order valence-corrected chi connectivity index (χ2v) is 5.35. The minimum atomic E-state index is -0.571. The second kappa shape index (κ2) is 8.19. The molecule has 0 aliphatic rings. The minimum Gasteiger partial charge on any atom is -0.482 e. The lowest BCUT2D eigenvalue weighted by molar-refractivity contribution is -0.122. The molecule has 0 radical (unpaired) electrons. The van der Waals surface area contributed by atoms with Gasteiger partial charge in [0, 0.05) is 6.54 Å². The molecule has 0 aliphatic carbocycles. The maximum Gasteiger partial charge on any atom is 0.321 e. The van der Waals surface area contributed by atoms with Crippen molar-refractivity contribution in [3.05, 3.63) is 64.7 Å². The molecule has 0 fully saturated rings. The molecule has 2 aromatic rings. The summed E-state index contributed by atoms with van der Waals surface area (Å²) in [5, 5.41) is 5.21. The number of imide groups is 1. The molecule has 23 heavy (non-hydrogen) atoms. The number of ether oxygens (including phenoxy) is 1. The van der Waals surface area contributed by atoms with Gasteiger partial charge in [-0.25, -0.2) is 4.79 Å². The SMILES string of the molecule is Cc1ccc(Cl)c(OCC(=O)NC(=O)NCc2ccccc2)c1. The number of carbonyl (C=O) groups excluding carboxylic acids is 2. The van der Waals surface area contributed by atoms with E-state index in [1.54, 1.807) is 12.1 Å². The summed E-state index contributed by atoms with van der Waals surface area (Å²) in [5.41, 5.74) is 1.91. The monoisotopic (exact) mass is 332 g/mol. The molecule has 2 aromatic carbocycles. The molecule has 0 atom stereocenters. The van der Waals surface area contributed by atoms with Gasteiger partial charge in [0.05, 0.1) is 5.02 Å². The highest BCUT2D eigenvalue weighted by molar-refractivity contribution is 6.32. The summed E-state index contributed by atoms with van der Waals surface area (Å²) < 4.78 is 5.32. The number of urea groups is 1. The fourth-order valence-corrected chi connectivity index (χ4v) is 2.02. The Morgan fingerprint density at radius 3 is 2.61 bits per heavy atom. The number of hydrogen-bond donors (Lipinski definition) is 2. The van der Waals surface area contributed by atoms with Crippen LogP contribution in [-0.4, -0.2) is 18.5 Å². The molecule has 0 bridgehead atoms. The third kappa shape index (κ3) is 5.64. The average Bonchev–Trinajstić information content (AvgIpc) is 2.55. The molecule has 0 heterocycles. The van der Waals surface area contributed by atoms with Gasteiger partial charge in [-0.15, -0.1) is 0 Å². The predicted molar refractivity (Wildman–Crippen MR) is 88.5 cm³/mol. The van der Waals surface area contributed by atoms with Crippen molar-refractivity contribution in [1.82, 2.24) is 10.6 Å². The minimum absolute atomic E-state index is 0.290. The van der Waals surface area contributed by atoms with Crippen molar-refractivity contribution < 1.29 is 14.3 Å².